The molecule has 0 unspecified atom stereocenters. The van der Waals surface area contributed by atoms with E-state index in [9.17, 15) is 4.79 Å². The SMILES string of the molecule is COC(=O)[C@H](N)[C@H](Cl)c1ccccc1Cl. The summed E-state index contributed by atoms with van der Waals surface area (Å²) >= 11 is 11.9. The molecule has 0 bridgehead atoms. The van der Waals surface area contributed by atoms with E-state index in [0.29, 0.717) is 10.6 Å². The molecule has 15 heavy (non-hydrogen) atoms. The van der Waals surface area contributed by atoms with Crippen LogP contribution in [0.5, 0.6) is 0 Å². The van der Waals surface area contributed by atoms with Crippen LogP contribution in [0.2, 0.25) is 5.02 Å². The van der Waals surface area contributed by atoms with E-state index in [2.05, 4.69) is 4.74 Å². The lowest BCUT2D eigenvalue weighted by Gasteiger charge is -2.16. The first-order chi connectivity index (χ1) is 7.07. The van der Waals surface area contributed by atoms with Gasteiger partial charge in [0, 0.05) is 5.02 Å². The van der Waals surface area contributed by atoms with E-state index in [1.165, 1.54) is 7.11 Å². The number of alkyl halides is 1. The van der Waals surface area contributed by atoms with Gasteiger partial charge in [-0.1, -0.05) is 29.8 Å². The number of rotatable bonds is 3. The fourth-order valence-corrected chi connectivity index (χ4v) is 1.75. The maximum atomic E-state index is 11.2. The first kappa shape index (κ1) is 12.3. The molecule has 1 aromatic carbocycles. The van der Waals surface area contributed by atoms with Gasteiger partial charge in [-0.05, 0) is 11.6 Å². The Morgan fingerprint density at radius 2 is 2.07 bits per heavy atom. The van der Waals surface area contributed by atoms with E-state index < -0.39 is 17.4 Å². The average molecular weight is 248 g/mol. The van der Waals surface area contributed by atoms with Gasteiger partial charge in [-0.25, -0.2) is 0 Å². The number of hydrogen-bond donors (Lipinski definition) is 1. The van der Waals surface area contributed by atoms with Crippen LogP contribution < -0.4 is 5.73 Å². The van der Waals surface area contributed by atoms with Gasteiger partial charge in [0.25, 0.3) is 0 Å². The third-order valence-electron chi connectivity index (χ3n) is 1.99. The van der Waals surface area contributed by atoms with Crippen LogP contribution in [0.15, 0.2) is 24.3 Å². The fraction of sp³-hybridized carbons (Fsp3) is 0.300. The molecule has 5 heteroatoms. The zero-order valence-corrected chi connectivity index (χ0v) is 9.63. The van der Waals surface area contributed by atoms with E-state index in [-0.39, 0.29) is 0 Å². The van der Waals surface area contributed by atoms with Crippen molar-refractivity contribution in [3.63, 3.8) is 0 Å². The first-order valence-corrected chi connectivity index (χ1v) is 5.11. The van der Waals surface area contributed by atoms with Crippen molar-refractivity contribution in [2.45, 2.75) is 11.4 Å². The molecule has 0 amide bonds. The van der Waals surface area contributed by atoms with Gasteiger partial charge < -0.3 is 10.5 Å². The molecule has 0 aliphatic heterocycles. The summed E-state index contributed by atoms with van der Waals surface area (Å²) in [6.07, 6.45) is 0. The number of carbonyl (C=O) groups excluding carboxylic acids is 1. The van der Waals surface area contributed by atoms with Gasteiger partial charge in [0.05, 0.1) is 12.5 Å². The molecule has 2 N–H and O–H groups in total. The predicted octanol–water partition coefficient (Wildman–Crippen LogP) is 2.12. The standard InChI is InChI=1S/C10H11Cl2NO2/c1-15-10(14)9(13)8(12)6-4-2-3-5-7(6)11/h2-5,8-9H,13H2,1H3/t8-,9-/m1/s1. The fourth-order valence-electron chi connectivity index (χ4n) is 1.15. The van der Waals surface area contributed by atoms with E-state index in [1.54, 1.807) is 24.3 Å². The van der Waals surface area contributed by atoms with Gasteiger partial charge in [-0.15, -0.1) is 11.6 Å². The number of carbonyl (C=O) groups is 1. The summed E-state index contributed by atoms with van der Waals surface area (Å²) < 4.78 is 4.50. The Bertz CT molecular complexity index is 357. The summed E-state index contributed by atoms with van der Waals surface area (Å²) in [6.45, 7) is 0. The van der Waals surface area contributed by atoms with Crippen molar-refractivity contribution in [1.29, 1.82) is 0 Å². The number of hydrogen-bond acceptors (Lipinski definition) is 3. The molecule has 0 radical (unpaired) electrons. The molecule has 0 saturated carbocycles. The Hall–Kier alpha value is -0.770. The van der Waals surface area contributed by atoms with Gasteiger partial charge in [0.1, 0.15) is 6.04 Å². The molecule has 0 aliphatic carbocycles. The normalized spacial score (nSPS) is 14.4. The molecule has 2 atom stereocenters. The van der Waals surface area contributed by atoms with Crippen LogP contribution in [0.1, 0.15) is 10.9 Å². The van der Waals surface area contributed by atoms with Crippen molar-refractivity contribution in [3.8, 4) is 0 Å². The quantitative estimate of drug-likeness (QED) is 0.658. The van der Waals surface area contributed by atoms with Crippen molar-refractivity contribution < 1.29 is 9.53 Å². The molecule has 1 aromatic rings. The third kappa shape index (κ3) is 2.84. The van der Waals surface area contributed by atoms with Crippen molar-refractivity contribution in [3.05, 3.63) is 34.9 Å². The van der Waals surface area contributed by atoms with Crippen LogP contribution in [0.4, 0.5) is 0 Å². The van der Waals surface area contributed by atoms with E-state index in [0.717, 1.165) is 0 Å². The molecule has 0 spiro atoms. The number of methoxy groups -OCH3 is 1. The Balaban J connectivity index is 2.89. The molecule has 82 valence electrons. The highest BCUT2D eigenvalue weighted by Gasteiger charge is 2.26. The predicted molar refractivity (Wildman–Crippen MR) is 60.0 cm³/mol. The van der Waals surface area contributed by atoms with Crippen LogP contribution in [0.3, 0.4) is 0 Å². The summed E-state index contributed by atoms with van der Waals surface area (Å²) in [6, 6.07) is 6.05. The topological polar surface area (TPSA) is 52.3 Å². The maximum Gasteiger partial charge on any atom is 0.324 e. The smallest absolute Gasteiger partial charge is 0.324 e. The lowest BCUT2D eigenvalue weighted by molar-refractivity contribution is -0.142. The van der Waals surface area contributed by atoms with Crippen LogP contribution in [0.25, 0.3) is 0 Å². The second-order valence-electron chi connectivity index (χ2n) is 2.97. The Morgan fingerprint density at radius 1 is 1.47 bits per heavy atom. The first-order valence-electron chi connectivity index (χ1n) is 4.30. The minimum absolute atomic E-state index is 0.483. The van der Waals surface area contributed by atoms with E-state index in [1.807, 2.05) is 0 Å². The van der Waals surface area contributed by atoms with Gasteiger partial charge >= 0.3 is 5.97 Å². The minimum atomic E-state index is -0.920. The highest BCUT2D eigenvalue weighted by atomic mass is 35.5. The van der Waals surface area contributed by atoms with Crippen LogP contribution in [-0.4, -0.2) is 19.1 Å². The largest absolute Gasteiger partial charge is 0.468 e. The van der Waals surface area contributed by atoms with Crippen molar-refractivity contribution in [1.82, 2.24) is 0 Å². The summed E-state index contributed by atoms with van der Waals surface area (Å²) in [5, 5.41) is -0.206. The highest BCUT2D eigenvalue weighted by Crippen LogP contribution is 2.29. The molecular weight excluding hydrogens is 237 g/mol. The Kier molecular flexibility index (Phi) is 4.39. The van der Waals surface area contributed by atoms with E-state index in [4.69, 9.17) is 28.9 Å². The summed E-state index contributed by atoms with van der Waals surface area (Å²) in [5.41, 5.74) is 6.23. The van der Waals surface area contributed by atoms with E-state index >= 15 is 0 Å². The van der Waals surface area contributed by atoms with Crippen molar-refractivity contribution in [2.24, 2.45) is 5.73 Å². The number of nitrogens with two attached hydrogens (primary N) is 1. The molecule has 1 rings (SSSR count). The van der Waals surface area contributed by atoms with Gasteiger partial charge in [0.2, 0.25) is 0 Å². The second kappa shape index (κ2) is 5.35. The molecule has 0 saturated heterocycles. The summed E-state index contributed by atoms with van der Waals surface area (Å²) in [5.74, 6) is -0.560. The molecular formula is C10H11Cl2NO2. The van der Waals surface area contributed by atoms with Gasteiger partial charge in [-0.2, -0.15) is 0 Å². The third-order valence-corrected chi connectivity index (χ3v) is 2.84. The lowest BCUT2D eigenvalue weighted by Crippen LogP contribution is -2.35. The number of halogens is 2. The number of esters is 1. The Labute approximate surface area is 98.1 Å². The van der Waals surface area contributed by atoms with Crippen molar-refractivity contribution >= 4 is 29.2 Å². The highest BCUT2D eigenvalue weighted by molar-refractivity contribution is 6.33. The Morgan fingerprint density at radius 3 is 2.60 bits per heavy atom. The molecule has 0 aliphatic rings. The summed E-state index contributed by atoms with van der Waals surface area (Å²) in [7, 11) is 1.26. The molecule has 0 fully saturated rings. The molecule has 0 heterocycles. The average Bonchev–Trinajstić information content (AvgIpc) is 2.26. The lowest BCUT2D eigenvalue weighted by atomic mass is 10.1. The van der Waals surface area contributed by atoms with Gasteiger partial charge in [0.15, 0.2) is 0 Å². The summed E-state index contributed by atoms with van der Waals surface area (Å²) in [4.78, 5) is 11.2. The van der Waals surface area contributed by atoms with Crippen LogP contribution >= 0.6 is 23.2 Å². The van der Waals surface area contributed by atoms with Crippen molar-refractivity contribution in [2.75, 3.05) is 7.11 Å². The van der Waals surface area contributed by atoms with Crippen LogP contribution in [-0.2, 0) is 9.53 Å². The van der Waals surface area contributed by atoms with Crippen LogP contribution in [0, 0.1) is 0 Å². The van der Waals surface area contributed by atoms with Gasteiger partial charge in [-0.3, -0.25) is 4.79 Å². The minimum Gasteiger partial charge on any atom is -0.468 e. The second-order valence-corrected chi connectivity index (χ2v) is 3.85. The number of benzene rings is 1. The molecule has 3 nitrogen and oxygen atoms in total. The zero-order chi connectivity index (χ0) is 11.4. The maximum absolute atomic E-state index is 11.2. The molecule has 0 aromatic heterocycles. The monoisotopic (exact) mass is 247 g/mol. The number of ether oxygens (including phenoxy) is 1. The zero-order valence-electron chi connectivity index (χ0n) is 8.11.